The van der Waals surface area contributed by atoms with Crippen LogP contribution in [0.4, 0.5) is 0 Å². The highest BCUT2D eigenvalue weighted by Crippen LogP contribution is 2.21. The molecule has 2 aromatic heterocycles. The van der Waals surface area contributed by atoms with Gasteiger partial charge in [0.25, 0.3) is 5.91 Å². The third-order valence-electron chi connectivity index (χ3n) is 3.59. The fourth-order valence-electron chi connectivity index (χ4n) is 2.60. The highest BCUT2D eigenvalue weighted by atomic mass is 16.3. The lowest BCUT2D eigenvalue weighted by Crippen LogP contribution is -2.33. The van der Waals surface area contributed by atoms with Crippen molar-refractivity contribution in [2.45, 2.75) is 31.7 Å². The summed E-state index contributed by atoms with van der Waals surface area (Å²) in [6.45, 7) is 0. The molecule has 1 N–H and O–H groups in total. The number of carbonyl (C=O) groups excluding carboxylic acids is 1. The minimum absolute atomic E-state index is 0.00537. The molecule has 1 amide bonds. The highest BCUT2D eigenvalue weighted by molar-refractivity contribution is 5.97. The van der Waals surface area contributed by atoms with Gasteiger partial charge in [0.2, 0.25) is 0 Å². The third-order valence-corrected chi connectivity index (χ3v) is 3.59. The van der Waals surface area contributed by atoms with Crippen LogP contribution in [0, 0.1) is 0 Å². The molecule has 4 heteroatoms. The molecule has 90 valence electrons. The lowest BCUT2D eigenvalue weighted by molar-refractivity contribution is 0.0930. The molecule has 4 nitrogen and oxygen atoms in total. The first-order valence-electron chi connectivity index (χ1n) is 6.09. The summed E-state index contributed by atoms with van der Waals surface area (Å²) in [6.07, 6.45) is 6.29. The zero-order valence-corrected chi connectivity index (χ0v) is 9.90. The van der Waals surface area contributed by atoms with E-state index < -0.39 is 0 Å². The van der Waals surface area contributed by atoms with Gasteiger partial charge in [-0.05, 0) is 12.8 Å². The van der Waals surface area contributed by atoms with Crippen LogP contribution in [0.15, 0.2) is 22.8 Å². The standard InChI is InChI=1S/C13H16N2O2/c1-15-10-6-7-17-12(10)8-11(15)13(16)14-9-4-2-3-5-9/h6-9H,2-5H2,1H3,(H,14,16). The van der Waals surface area contributed by atoms with Crippen LogP contribution < -0.4 is 5.32 Å². The Morgan fingerprint density at radius 1 is 1.47 bits per heavy atom. The number of hydrogen-bond acceptors (Lipinski definition) is 2. The Bertz CT molecular complexity index is 547. The van der Waals surface area contributed by atoms with Crippen molar-refractivity contribution < 1.29 is 9.21 Å². The van der Waals surface area contributed by atoms with Gasteiger partial charge in [-0.3, -0.25) is 4.79 Å². The minimum Gasteiger partial charge on any atom is -0.463 e. The van der Waals surface area contributed by atoms with Crippen molar-refractivity contribution in [1.82, 2.24) is 9.88 Å². The van der Waals surface area contributed by atoms with Crippen molar-refractivity contribution >= 4 is 17.0 Å². The maximum Gasteiger partial charge on any atom is 0.268 e. The van der Waals surface area contributed by atoms with Crippen molar-refractivity contribution in [3.05, 3.63) is 24.1 Å². The van der Waals surface area contributed by atoms with Gasteiger partial charge in [-0.15, -0.1) is 0 Å². The predicted molar refractivity (Wildman–Crippen MR) is 64.9 cm³/mol. The number of carbonyl (C=O) groups is 1. The normalized spacial score (nSPS) is 16.8. The molecule has 2 heterocycles. The van der Waals surface area contributed by atoms with Gasteiger partial charge in [0.1, 0.15) is 5.69 Å². The number of nitrogens with zero attached hydrogens (tertiary/aromatic N) is 1. The molecule has 0 radical (unpaired) electrons. The molecule has 0 atom stereocenters. The number of aryl methyl sites for hydroxylation is 1. The van der Waals surface area contributed by atoms with Crippen LogP contribution in [0.5, 0.6) is 0 Å². The molecule has 0 aromatic carbocycles. The van der Waals surface area contributed by atoms with E-state index in [1.807, 2.05) is 17.7 Å². The molecule has 0 spiro atoms. The number of fused-ring (bicyclic) bond motifs is 1. The van der Waals surface area contributed by atoms with Gasteiger partial charge in [-0.2, -0.15) is 0 Å². The van der Waals surface area contributed by atoms with Crippen LogP contribution in [0.1, 0.15) is 36.2 Å². The van der Waals surface area contributed by atoms with E-state index in [2.05, 4.69) is 5.32 Å². The SMILES string of the molecule is Cn1c(C(=O)NC2CCCC2)cc2occc21. The summed E-state index contributed by atoms with van der Waals surface area (Å²) in [5, 5.41) is 3.09. The smallest absolute Gasteiger partial charge is 0.268 e. The van der Waals surface area contributed by atoms with Crippen LogP contribution in [-0.4, -0.2) is 16.5 Å². The summed E-state index contributed by atoms with van der Waals surface area (Å²) >= 11 is 0. The van der Waals surface area contributed by atoms with Gasteiger partial charge in [0.15, 0.2) is 5.58 Å². The van der Waals surface area contributed by atoms with E-state index in [0.717, 1.165) is 23.9 Å². The molecule has 17 heavy (non-hydrogen) atoms. The molecule has 0 bridgehead atoms. The van der Waals surface area contributed by atoms with E-state index in [9.17, 15) is 4.79 Å². The molecule has 0 unspecified atom stereocenters. The summed E-state index contributed by atoms with van der Waals surface area (Å²) in [5.74, 6) is 0.00537. The van der Waals surface area contributed by atoms with Crippen molar-refractivity contribution in [3.8, 4) is 0 Å². The predicted octanol–water partition coefficient (Wildman–Crippen LogP) is 2.44. The molecule has 1 saturated carbocycles. The largest absolute Gasteiger partial charge is 0.463 e. The van der Waals surface area contributed by atoms with Crippen molar-refractivity contribution in [1.29, 1.82) is 0 Å². The molecular weight excluding hydrogens is 216 g/mol. The average molecular weight is 232 g/mol. The van der Waals surface area contributed by atoms with Crippen LogP contribution in [0.25, 0.3) is 11.1 Å². The molecule has 0 saturated heterocycles. The lowest BCUT2D eigenvalue weighted by atomic mass is 10.2. The van der Waals surface area contributed by atoms with Crippen LogP contribution in [-0.2, 0) is 7.05 Å². The van der Waals surface area contributed by atoms with Crippen LogP contribution in [0.3, 0.4) is 0 Å². The number of furan rings is 1. The van der Waals surface area contributed by atoms with E-state index in [1.165, 1.54) is 12.8 Å². The first kappa shape index (κ1) is 10.4. The molecule has 0 aliphatic heterocycles. The second kappa shape index (κ2) is 3.95. The Kier molecular flexibility index (Phi) is 2.42. The molecule has 2 aromatic rings. The summed E-state index contributed by atoms with van der Waals surface area (Å²) < 4.78 is 7.18. The summed E-state index contributed by atoms with van der Waals surface area (Å²) in [5.41, 5.74) is 2.40. The lowest BCUT2D eigenvalue weighted by Gasteiger charge is -2.12. The highest BCUT2D eigenvalue weighted by Gasteiger charge is 2.20. The van der Waals surface area contributed by atoms with Crippen molar-refractivity contribution in [2.24, 2.45) is 7.05 Å². The molecular formula is C13H16N2O2. The van der Waals surface area contributed by atoms with Gasteiger partial charge in [-0.25, -0.2) is 0 Å². The second-order valence-electron chi connectivity index (χ2n) is 4.71. The Morgan fingerprint density at radius 3 is 2.94 bits per heavy atom. The van der Waals surface area contributed by atoms with E-state index in [4.69, 9.17) is 4.42 Å². The van der Waals surface area contributed by atoms with E-state index in [1.54, 1.807) is 12.3 Å². The molecule has 3 rings (SSSR count). The van der Waals surface area contributed by atoms with Gasteiger partial charge < -0.3 is 14.3 Å². The van der Waals surface area contributed by atoms with Crippen molar-refractivity contribution in [2.75, 3.05) is 0 Å². The van der Waals surface area contributed by atoms with E-state index in [-0.39, 0.29) is 5.91 Å². The second-order valence-corrected chi connectivity index (χ2v) is 4.71. The Labute approximate surface area is 99.6 Å². The monoisotopic (exact) mass is 232 g/mol. The zero-order chi connectivity index (χ0) is 11.8. The Balaban J connectivity index is 1.84. The first-order valence-corrected chi connectivity index (χ1v) is 6.09. The summed E-state index contributed by atoms with van der Waals surface area (Å²) in [7, 11) is 1.89. The quantitative estimate of drug-likeness (QED) is 0.864. The van der Waals surface area contributed by atoms with Crippen LogP contribution >= 0.6 is 0 Å². The maximum absolute atomic E-state index is 12.1. The minimum atomic E-state index is 0.00537. The number of amides is 1. The molecule has 1 aliphatic carbocycles. The topological polar surface area (TPSA) is 47.2 Å². The molecule has 1 aliphatic rings. The third kappa shape index (κ3) is 1.73. The van der Waals surface area contributed by atoms with Crippen LogP contribution in [0.2, 0.25) is 0 Å². The van der Waals surface area contributed by atoms with E-state index >= 15 is 0 Å². The fraction of sp³-hybridized carbons (Fsp3) is 0.462. The zero-order valence-electron chi connectivity index (χ0n) is 9.90. The van der Waals surface area contributed by atoms with Gasteiger partial charge in [0, 0.05) is 25.2 Å². The van der Waals surface area contributed by atoms with E-state index in [0.29, 0.717) is 11.7 Å². The summed E-state index contributed by atoms with van der Waals surface area (Å²) in [4.78, 5) is 12.1. The van der Waals surface area contributed by atoms with Crippen molar-refractivity contribution in [3.63, 3.8) is 0 Å². The summed E-state index contributed by atoms with van der Waals surface area (Å²) in [6, 6.07) is 4.03. The maximum atomic E-state index is 12.1. The van der Waals surface area contributed by atoms with Gasteiger partial charge >= 0.3 is 0 Å². The Morgan fingerprint density at radius 2 is 2.24 bits per heavy atom. The first-order chi connectivity index (χ1) is 8.25. The van der Waals surface area contributed by atoms with Gasteiger partial charge in [0.05, 0.1) is 11.8 Å². The number of aromatic nitrogens is 1. The number of nitrogens with one attached hydrogen (secondary N) is 1. The number of rotatable bonds is 2. The Hall–Kier alpha value is -1.71. The average Bonchev–Trinajstić information content (AvgIpc) is 2.97. The fourth-order valence-corrected chi connectivity index (χ4v) is 2.60. The van der Waals surface area contributed by atoms with Gasteiger partial charge in [-0.1, -0.05) is 12.8 Å². The molecule has 1 fully saturated rings. The number of hydrogen-bond donors (Lipinski definition) is 1.